The van der Waals surface area contributed by atoms with Gasteiger partial charge in [0.25, 0.3) is 11.8 Å². The Bertz CT molecular complexity index is 1240. The summed E-state index contributed by atoms with van der Waals surface area (Å²) in [6.07, 6.45) is 1.62. The van der Waals surface area contributed by atoms with Gasteiger partial charge in [-0.25, -0.2) is 13.5 Å². The number of nitrogens with zero attached hydrogens (tertiary/aromatic N) is 2. The number of carbonyl (C=O) groups excluding carboxylic acids is 2. The molecule has 2 aromatic carbocycles. The molecule has 0 saturated heterocycles. The van der Waals surface area contributed by atoms with Gasteiger partial charge in [0.15, 0.2) is 23.4 Å². The van der Waals surface area contributed by atoms with Gasteiger partial charge in [0.2, 0.25) is 0 Å². The number of halogens is 2. The van der Waals surface area contributed by atoms with Crippen LogP contribution >= 0.6 is 0 Å². The molecule has 2 amide bonds. The van der Waals surface area contributed by atoms with E-state index in [0.29, 0.717) is 35.7 Å². The summed E-state index contributed by atoms with van der Waals surface area (Å²) in [6, 6.07) is 8.49. The van der Waals surface area contributed by atoms with Gasteiger partial charge in [0.1, 0.15) is 5.75 Å². The molecule has 0 unspecified atom stereocenters. The molecule has 0 bridgehead atoms. The molecule has 0 fully saturated rings. The molecule has 158 valence electrons. The first kappa shape index (κ1) is 19.2. The zero-order valence-electron chi connectivity index (χ0n) is 16.5. The van der Waals surface area contributed by atoms with Crippen LogP contribution in [0.2, 0.25) is 0 Å². The number of aromatic nitrogens is 2. The minimum Gasteiger partial charge on any atom is -0.479 e. The SMILES string of the molecule is C[C@@H]1Oc2ccc(NC(=O)c3nn(-c4ccc(F)c(F)c4)c4c3CCC4)cc2NC1=O. The summed E-state index contributed by atoms with van der Waals surface area (Å²) in [5.41, 5.74) is 3.15. The lowest BCUT2D eigenvalue weighted by Gasteiger charge is -2.23. The van der Waals surface area contributed by atoms with Crippen molar-refractivity contribution in [3.8, 4) is 11.4 Å². The lowest BCUT2D eigenvalue weighted by molar-refractivity contribution is -0.122. The van der Waals surface area contributed by atoms with Gasteiger partial charge in [0, 0.05) is 23.0 Å². The summed E-state index contributed by atoms with van der Waals surface area (Å²) in [5, 5.41) is 9.93. The Labute approximate surface area is 176 Å². The van der Waals surface area contributed by atoms with Crippen LogP contribution in [0.25, 0.3) is 5.69 Å². The van der Waals surface area contributed by atoms with Gasteiger partial charge in [-0.3, -0.25) is 9.59 Å². The maximum absolute atomic E-state index is 13.7. The molecule has 2 aliphatic rings. The highest BCUT2D eigenvalue weighted by Gasteiger charge is 2.28. The number of nitrogens with one attached hydrogen (secondary N) is 2. The van der Waals surface area contributed by atoms with Crippen LogP contribution in [0.3, 0.4) is 0 Å². The van der Waals surface area contributed by atoms with Crippen LogP contribution in [0.4, 0.5) is 20.2 Å². The van der Waals surface area contributed by atoms with Gasteiger partial charge >= 0.3 is 0 Å². The third-order valence-corrected chi connectivity index (χ3v) is 5.46. The number of hydrogen-bond acceptors (Lipinski definition) is 4. The second-order valence-corrected chi connectivity index (χ2v) is 7.55. The van der Waals surface area contributed by atoms with Crippen molar-refractivity contribution < 1.29 is 23.1 Å². The Hall–Kier alpha value is -3.75. The molecule has 0 radical (unpaired) electrons. The minimum absolute atomic E-state index is 0.240. The predicted molar refractivity (Wildman–Crippen MR) is 109 cm³/mol. The second kappa shape index (κ2) is 7.19. The Kier molecular flexibility index (Phi) is 4.46. The van der Waals surface area contributed by atoms with E-state index in [1.54, 1.807) is 25.1 Å². The Balaban J connectivity index is 1.45. The van der Waals surface area contributed by atoms with Crippen LogP contribution in [-0.4, -0.2) is 27.7 Å². The lowest BCUT2D eigenvalue weighted by atomic mass is 10.1. The van der Waals surface area contributed by atoms with Crippen LogP contribution in [-0.2, 0) is 17.6 Å². The fourth-order valence-electron chi connectivity index (χ4n) is 3.93. The van der Waals surface area contributed by atoms with Crippen molar-refractivity contribution >= 4 is 23.2 Å². The first-order chi connectivity index (χ1) is 14.9. The average Bonchev–Trinajstić information content (AvgIpc) is 3.34. The van der Waals surface area contributed by atoms with E-state index in [-0.39, 0.29) is 11.6 Å². The molecule has 3 aromatic rings. The van der Waals surface area contributed by atoms with E-state index in [1.807, 2.05) is 0 Å². The van der Waals surface area contributed by atoms with Crippen molar-refractivity contribution in [1.82, 2.24) is 9.78 Å². The molecule has 1 aliphatic heterocycles. The molecule has 2 N–H and O–H groups in total. The standard InChI is InChI=1S/C22H18F2N4O3/c1-11-21(29)26-17-9-12(5-8-19(17)31-11)25-22(30)20-14-3-2-4-18(14)28(27-20)13-6-7-15(23)16(24)10-13/h5-11H,2-4H2,1H3,(H,25,30)(H,26,29)/t11-/m0/s1. The van der Waals surface area contributed by atoms with Gasteiger partial charge in [0.05, 0.1) is 11.4 Å². The first-order valence-corrected chi connectivity index (χ1v) is 9.90. The molecule has 9 heteroatoms. The number of rotatable bonds is 3. The van der Waals surface area contributed by atoms with Crippen molar-refractivity contribution in [3.63, 3.8) is 0 Å². The summed E-state index contributed by atoms with van der Waals surface area (Å²) in [4.78, 5) is 24.8. The van der Waals surface area contributed by atoms with Crippen LogP contribution < -0.4 is 15.4 Å². The van der Waals surface area contributed by atoms with Crippen molar-refractivity contribution in [3.05, 3.63) is 65.0 Å². The van der Waals surface area contributed by atoms with E-state index in [4.69, 9.17) is 4.74 Å². The van der Waals surface area contributed by atoms with E-state index in [0.717, 1.165) is 29.8 Å². The van der Waals surface area contributed by atoms with E-state index in [1.165, 1.54) is 10.7 Å². The number of ether oxygens (including phenoxy) is 1. The molecule has 0 saturated carbocycles. The summed E-state index contributed by atoms with van der Waals surface area (Å²) in [7, 11) is 0. The first-order valence-electron chi connectivity index (χ1n) is 9.90. The molecular formula is C22H18F2N4O3. The van der Waals surface area contributed by atoms with Crippen molar-refractivity contribution in [2.24, 2.45) is 0 Å². The summed E-state index contributed by atoms with van der Waals surface area (Å²) in [5.74, 6) is -2.08. The molecular weight excluding hydrogens is 406 g/mol. The van der Waals surface area contributed by atoms with Crippen molar-refractivity contribution in [2.75, 3.05) is 10.6 Å². The number of fused-ring (bicyclic) bond motifs is 2. The van der Waals surface area contributed by atoms with E-state index < -0.39 is 23.6 Å². The molecule has 1 aliphatic carbocycles. The maximum Gasteiger partial charge on any atom is 0.276 e. The van der Waals surface area contributed by atoms with E-state index >= 15 is 0 Å². The van der Waals surface area contributed by atoms with Gasteiger partial charge in [-0.15, -0.1) is 0 Å². The molecule has 1 atom stereocenters. The average molecular weight is 424 g/mol. The molecule has 5 rings (SSSR count). The van der Waals surface area contributed by atoms with Gasteiger partial charge in [-0.1, -0.05) is 0 Å². The number of anilines is 2. The van der Waals surface area contributed by atoms with Crippen LogP contribution in [0.5, 0.6) is 5.75 Å². The maximum atomic E-state index is 13.7. The molecule has 2 heterocycles. The van der Waals surface area contributed by atoms with Crippen molar-refractivity contribution in [1.29, 1.82) is 0 Å². The predicted octanol–water partition coefficient (Wildman–Crippen LogP) is 3.61. The highest BCUT2D eigenvalue weighted by atomic mass is 19.2. The zero-order valence-corrected chi connectivity index (χ0v) is 16.5. The van der Waals surface area contributed by atoms with Crippen LogP contribution in [0.1, 0.15) is 35.1 Å². The molecule has 0 spiro atoms. The minimum atomic E-state index is -0.974. The topological polar surface area (TPSA) is 85.2 Å². The lowest BCUT2D eigenvalue weighted by Crippen LogP contribution is -2.34. The monoisotopic (exact) mass is 424 g/mol. The zero-order chi connectivity index (χ0) is 21.7. The fraction of sp³-hybridized carbons (Fsp3) is 0.227. The Morgan fingerprint density at radius 1 is 1.19 bits per heavy atom. The highest BCUT2D eigenvalue weighted by molar-refractivity contribution is 6.05. The van der Waals surface area contributed by atoms with E-state index in [2.05, 4.69) is 15.7 Å². The van der Waals surface area contributed by atoms with Gasteiger partial charge in [-0.05, 0) is 56.5 Å². The third-order valence-electron chi connectivity index (χ3n) is 5.46. The smallest absolute Gasteiger partial charge is 0.276 e. The molecule has 1 aromatic heterocycles. The quantitative estimate of drug-likeness (QED) is 0.673. The van der Waals surface area contributed by atoms with Crippen LogP contribution in [0.15, 0.2) is 36.4 Å². The van der Waals surface area contributed by atoms with Gasteiger partial charge in [-0.2, -0.15) is 5.10 Å². The Morgan fingerprint density at radius 2 is 2.03 bits per heavy atom. The van der Waals surface area contributed by atoms with E-state index in [9.17, 15) is 18.4 Å². The molecule has 7 nitrogen and oxygen atoms in total. The summed E-state index contributed by atoms with van der Waals surface area (Å²) in [6.45, 7) is 1.65. The number of benzene rings is 2. The largest absolute Gasteiger partial charge is 0.479 e. The van der Waals surface area contributed by atoms with Crippen molar-refractivity contribution in [2.45, 2.75) is 32.3 Å². The molecule has 31 heavy (non-hydrogen) atoms. The highest BCUT2D eigenvalue weighted by Crippen LogP contribution is 2.33. The van der Waals surface area contributed by atoms with Crippen LogP contribution in [0, 0.1) is 11.6 Å². The number of hydrogen-bond donors (Lipinski definition) is 2. The number of amides is 2. The normalized spacial score (nSPS) is 16.9. The fourth-order valence-corrected chi connectivity index (χ4v) is 3.93. The van der Waals surface area contributed by atoms with Gasteiger partial charge < -0.3 is 15.4 Å². The number of carbonyl (C=O) groups is 2. The third kappa shape index (κ3) is 3.31. The Morgan fingerprint density at radius 3 is 2.84 bits per heavy atom. The second-order valence-electron chi connectivity index (χ2n) is 7.55. The summed E-state index contributed by atoms with van der Waals surface area (Å²) >= 11 is 0. The summed E-state index contributed by atoms with van der Waals surface area (Å²) < 4.78 is 34.1.